The largest absolute Gasteiger partial charge is 0.358 e. The third-order valence-electron chi connectivity index (χ3n) is 3.84. The van der Waals surface area contributed by atoms with Gasteiger partial charge in [0, 0.05) is 34.4 Å². The van der Waals surface area contributed by atoms with E-state index in [0.717, 1.165) is 0 Å². The van der Waals surface area contributed by atoms with E-state index in [9.17, 15) is 0 Å². The Kier molecular flexibility index (Phi) is 2.81. The van der Waals surface area contributed by atoms with Gasteiger partial charge < -0.3 is 4.98 Å². The van der Waals surface area contributed by atoms with Crippen molar-refractivity contribution in [3.8, 4) is 0 Å². The molecule has 3 rings (SSSR count). The molecule has 0 fully saturated rings. The van der Waals surface area contributed by atoms with Crippen LogP contribution in [0.3, 0.4) is 0 Å². The van der Waals surface area contributed by atoms with Crippen LogP contribution in [0.5, 0.6) is 0 Å². The predicted octanol–water partition coefficient (Wildman–Crippen LogP) is 4.96. The molecule has 1 N–H and O–H groups in total. The van der Waals surface area contributed by atoms with E-state index in [1.807, 2.05) is 12.4 Å². The first-order chi connectivity index (χ1) is 9.08. The van der Waals surface area contributed by atoms with Crippen molar-refractivity contribution in [3.05, 3.63) is 41.9 Å². The molecule has 0 atom stereocenters. The van der Waals surface area contributed by atoms with Gasteiger partial charge in [0.15, 0.2) is 0 Å². The highest BCUT2D eigenvalue weighted by atomic mass is 14.7. The van der Waals surface area contributed by atoms with Crippen LogP contribution < -0.4 is 0 Å². The Balaban J connectivity index is 2.37. The Hall–Kier alpha value is -1.83. The van der Waals surface area contributed by atoms with Gasteiger partial charge in [-0.1, -0.05) is 33.8 Å². The summed E-state index contributed by atoms with van der Waals surface area (Å²) in [6.07, 6.45) is 3.98. The van der Waals surface area contributed by atoms with E-state index in [1.54, 1.807) is 0 Å². The van der Waals surface area contributed by atoms with Crippen molar-refractivity contribution >= 4 is 21.7 Å². The van der Waals surface area contributed by atoms with Gasteiger partial charge in [0.25, 0.3) is 0 Å². The van der Waals surface area contributed by atoms with Crippen LogP contribution in [0.4, 0.5) is 0 Å². The van der Waals surface area contributed by atoms with Crippen LogP contribution in [0.1, 0.15) is 50.8 Å². The monoisotopic (exact) mass is 252 g/mol. The van der Waals surface area contributed by atoms with Crippen molar-refractivity contribution < 1.29 is 0 Å². The Morgan fingerprint density at radius 3 is 2.37 bits per heavy atom. The molecular weight excluding hydrogens is 232 g/mol. The fourth-order valence-corrected chi connectivity index (χ4v) is 2.67. The van der Waals surface area contributed by atoms with Crippen molar-refractivity contribution in [2.75, 3.05) is 0 Å². The van der Waals surface area contributed by atoms with E-state index in [4.69, 9.17) is 0 Å². The number of fused-ring (bicyclic) bond motifs is 3. The van der Waals surface area contributed by atoms with Gasteiger partial charge >= 0.3 is 0 Å². The third kappa shape index (κ3) is 1.92. The molecule has 1 aromatic carbocycles. The van der Waals surface area contributed by atoms with Crippen LogP contribution >= 0.6 is 0 Å². The van der Waals surface area contributed by atoms with Gasteiger partial charge in [-0.3, -0.25) is 4.98 Å². The molecule has 0 saturated heterocycles. The summed E-state index contributed by atoms with van der Waals surface area (Å²) in [6, 6.07) is 6.68. The Morgan fingerprint density at radius 1 is 0.895 bits per heavy atom. The van der Waals surface area contributed by atoms with Gasteiger partial charge in [-0.25, -0.2) is 0 Å². The standard InChI is InChI=1S/C17H20N2/c1-10(2)14-8-18-9-15-12(14)5-6-16-13(15)7-17(19-16)11(3)4/h5-11,19H,1-4H3. The molecule has 0 amide bonds. The molecule has 2 heterocycles. The molecule has 0 radical (unpaired) electrons. The quantitative estimate of drug-likeness (QED) is 0.686. The van der Waals surface area contributed by atoms with Crippen LogP contribution in [0.2, 0.25) is 0 Å². The minimum absolute atomic E-state index is 0.497. The zero-order valence-corrected chi connectivity index (χ0v) is 12.0. The maximum absolute atomic E-state index is 4.42. The summed E-state index contributed by atoms with van der Waals surface area (Å²) >= 11 is 0. The normalized spacial score (nSPS) is 12.1. The second-order valence-electron chi connectivity index (χ2n) is 5.88. The van der Waals surface area contributed by atoms with E-state index in [-0.39, 0.29) is 0 Å². The molecule has 98 valence electrons. The highest BCUT2D eigenvalue weighted by molar-refractivity contribution is 6.07. The molecule has 2 nitrogen and oxygen atoms in total. The van der Waals surface area contributed by atoms with Crippen molar-refractivity contribution in [2.24, 2.45) is 0 Å². The zero-order chi connectivity index (χ0) is 13.6. The van der Waals surface area contributed by atoms with Crippen LogP contribution in [-0.4, -0.2) is 9.97 Å². The second-order valence-corrected chi connectivity index (χ2v) is 5.88. The van der Waals surface area contributed by atoms with Crippen molar-refractivity contribution in [2.45, 2.75) is 39.5 Å². The average Bonchev–Trinajstić information content (AvgIpc) is 2.82. The molecule has 0 aliphatic heterocycles. The summed E-state index contributed by atoms with van der Waals surface area (Å²) < 4.78 is 0. The fourth-order valence-electron chi connectivity index (χ4n) is 2.67. The molecule has 0 aliphatic carbocycles. The van der Waals surface area contributed by atoms with Gasteiger partial charge in [-0.05, 0) is 34.9 Å². The summed E-state index contributed by atoms with van der Waals surface area (Å²) in [4.78, 5) is 7.93. The van der Waals surface area contributed by atoms with Crippen LogP contribution in [0.25, 0.3) is 21.7 Å². The van der Waals surface area contributed by atoms with Gasteiger partial charge in [-0.2, -0.15) is 0 Å². The van der Waals surface area contributed by atoms with E-state index < -0.39 is 0 Å². The summed E-state index contributed by atoms with van der Waals surface area (Å²) in [7, 11) is 0. The van der Waals surface area contributed by atoms with Gasteiger partial charge in [0.2, 0.25) is 0 Å². The highest BCUT2D eigenvalue weighted by Gasteiger charge is 2.11. The van der Waals surface area contributed by atoms with Gasteiger partial charge in [0.05, 0.1) is 0 Å². The smallest absolute Gasteiger partial charge is 0.0463 e. The lowest BCUT2D eigenvalue weighted by molar-refractivity contribution is 0.836. The van der Waals surface area contributed by atoms with Gasteiger partial charge in [0.1, 0.15) is 0 Å². The second kappa shape index (κ2) is 4.37. The summed E-state index contributed by atoms with van der Waals surface area (Å²) in [5.41, 5.74) is 3.82. The fraction of sp³-hybridized carbons (Fsp3) is 0.353. The zero-order valence-electron chi connectivity index (χ0n) is 12.0. The van der Waals surface area contributed by atoms with E-state index in [0.29, 0.717) is 11.8 Å². The third-order valence-corrected chi connectivity index (χ3v) is 3.84. The summed E-state index contributed by atoms with van der Waals surface area (Å²) in [5, 5.41) is 3.87. The molecule has 2 aromatic heterocycles. The lowest BCUT2D eigenvalue weighted by Crippen LogP contribution is -1.91. The molecule has 2 heteroatoms. The number of nitrogens with one attached hydrogen (secondary N) is 1. The average molecular weight is 252 g/mol. The Bertz CT molecular complexity index is 735. The van der Waals surface area contributed by atoms with Crippen molar-refractivity contribution in [3.63, 3.8) is 0 Å². The number of rotatable bonds is 2. The number of hydrogen-bond donors (Lipinski definition) is 1. The molecule has 3 aromatic rings. The molecule has 0 bridgehead atoms. The number of hydrogen-bond acceptors (Lipinski definition) is 1. The molecule has 0 unspecified atom stereocenters. The molecular formula is C17H20N2. The van der Waals surface area contributed by atoms with Crippen LogP contribution in [-0.2, 0) is 0 Å². The van der Waals surface area contributed by atoms with Crippen molar-refractivity contribution in [1.82, 2.24) is 9.97 Å². The molecule has 0 saturated carbocycles. The first kappa shape index (κ1) is 12.2. The van der Waals surface area contributed by atoms with E-state index >= 15 is 0 Å². The minimum atomic E-state index is 0.497. The number of aromatic amines is 1. The lowest BCUT2D eigenvalue weighted by Gasteiger charge is -2.09. The first-order valence-electron chi connectivity index (χ1n) is 6.97. The number of aromatic nitrogens is 2. The number of benzene rings is 1. The Labute approximate surface area is 113 Å². The SMILES string of the molecule is CC(C)c1cc2c(ccc3c(C(C)C)cncc32)[nH]1. The molecule has 0 spiro atoms. The summed E-state index contributed by atoms with van der Waals surface area (Å²) in [6.45, 7) is 8.87. The van der Waals surface area contributed by atoms with E-state index in [1.165, 1.54) is 32.9 Å². The molecule has 0 aliphatic rings. The minimum Gasteiger partial charge on any atom is -0.358 e. The maximum atomic E-state index is 4.42. The van der Waals surface area contributed by atoms with E-state index in [2.05, 4.69) is 55.9 Å². The first-order valence-corrected chi connectivity index (χ1v) is 6.97. The maximum Gasteiger partial charge on any atom is 0.0463 e. The lowest BCUT2D eigenvalue weighted by atomic mass is 9.97. The topological polar surface area (TPSA) is 28.7 Å². The Morgan fingerprint density at radius 2 is 1.68 bits per heavy atom. The van der Waals surface area contributed by atoms with Gasteiger partial charge in [-0.15, -0.1) is 0 Å². The van der Waals surface area contributed by atoms with Crippen molar-refractivity contribution in [1.29, 1.82) is 0 Å². The summed E-state index contributed by atoms with van der Waals surface area (Å²) in [5.74, 6) is 1.01. The van der Waals surface area contributed by atoms with Crippen LogP contribution in [0.15, 0.2) is 30.6 Å². The number of H-pyrrole nitrogens is 1. The number of nitrogens with zero attached hydrogens (tertiary/aromatic N) is 1. The predicted molar refractivity (Wildman–Crippen MR) is 81.8 cm³/mol. The number of pyridine rings is 1. The van der Waals surface area contributed by atoms with Crippen LogP contribution in [0, 0.1) is 0 Å². The molecule has 19 heavy (non-hydrogen) atoms. The highest BCUT2D eigenvalue weighted by Crippen LogP contribution is 2.31.